The molecule has 0 fully saturated rings. The molecule has 1 atom stereocenters. The third kappa shape index (κ3) is 3.47. The SMILES string of the molecule is Cc1cc(C(N)c2cccc(C(F)(F)F)c2)cc(C)c1Br. The Balaban J connectivity index is 2.43. The Bertz CT molecular complexity index is 642. The monoisotopic (exact) mass is 357 g/mol. The summed E-state index contributed by atoms with van der Waals surface area (Å²) >= 11 is 3.47. The van der Waals surface area contributed by atoms with E-state index in [-0.39, 0.29) is 0 Å². The molecule has 112 valence electrons. The molecule has 0 amide bonds. The maximum absolute atomic E-state index is 12.8. The summed E-state index contributed by atoms with van der Waals surface area (Å²) in [4.78, 5) is 0. The summed E-state index contributed by atoms with van der Waals surface area (Å²) in [7, 11) is 0. The van der Waals surface area contributed by atoms with Crippen LogP contribution in [0.1, 0.15) is 33.9 Å². The lowest BCUT2D eigenvalue weighted by atomic mass is 9.95. The first-order valence-electron chi connectivity index (χ1n) is 6.39. The van der Waals surface area contributed by atoms with Crippen LogP contribution in [0, 0.1) is 13.8 Å². The van der Waals surface area contributed by atoms with Gasteiger partial charge in [-0.2, -0.15) is 13.2 Å². The summed E-state index contributed by atoms with van der Waals surface area (Å²) in [5.74, 6) is 0. The lowest BCUT2D eigenvalue weighted by molar-refractivity contribution is -0.137. The molecule has 2 N–H and O–H groups in total. The molecule has 0 aliphatic heterocycles. The number of rotatable bonds is 2. The highest BCUT2D eigenvalue weighted by molar-refractivity contribution is 9.10. The topological polar surface area (TPSA) is 26.0 Å². The van der Waals surface area contributed by atoms with Crippen molar-refractivity contribution in [2.75, 3.05) is 0 Å². The highest BCUT2D eigenvalue weighted by Gasteiger charge is 2.30. The van der Waals surface area contributed by atoms with E-state index < -0.39 is 17.8 Å². The Labute approximate surface area is 130 Å². The summed E-state index contributed by atoms with van der Waals surface area (Å²) in [5, 5.41) is 0. The van der Waals surface area contributed by atoms with Gasteiger partial charge in [0.15, 0.2) is 0 Å². The Morgan fingerprint density at radius 2 is 1.57 bits per heavy atom. The molecule has 0 saturated carbocycles. The zero-order valence-corrected chi connectivity index (χ0v) is 13.2. The van der Waals surface area contributed by atoms with Crippen LogP contribution in [0.25, 0.3) is 0 Å². The molecule has 1 nitrogen and oxygen atoms in total. The number of benzene rings is 2. The van der Waals surface area contributed by atoms with Gasteiger partial charge in [-0.3, -0.25) is 0 Å². The van der Waals surface area contributed by atoms with E-state index in [2.05, 4.69) is 15.9 Å². The van der Waals surface area contributed by atoms with Crippen LogP contribution in [0.5, 0.6) is 0 Å². The zero-order chi connectivity index (χ0) is 15.8. The molecular formula is C16H15BrF3N. The predicted octanol–water partition coefficient (Wildman–Crippen LogP) is 5.13. The Morgan fingerprint density at radius 3 is 2.10 bits per heavy atom. The molecular weight excluding hydrogens is 343 g/mol. The Morgan fingerprint density at radius 1 is 1.00 bits per heavy atom. The number of hydrogen-bond donors (Lipinski definition) is 1. The van der Waals surface area contributed by atoms with Gasteiger partial charge in [0, 0.05) is 4.47 Å². The molecule has 1 unspecified atom stereocenters. The van der Waals surface area contributed by atoms with Crippen LogP contribution in [0.15, 0.2) is 40.9 Å². The van der Waals surface area contributed by atoms with Gasteiger partial charge in [0.2, 0.25) is 0 Å². The average molecular weight is 358 g/mol. The van der Waals surface area contributed by atoms with Crippen molar-refractivity contribution in [3.8, 4) is 0 Å². The van der Waals surface area contributed by atoms with Crippen molar-refractivity contribution < 1.29 is 13.2 Å². The normalized spacial score (nSPS) is 13.3. The number of hydrogen-bond acceptors (Lipinski definition) is 1. The average Bonchev–Trinajstić information content (AvgIpc) is 2.42. The van der Waals surface area contributed by atoms with Crippen LogP contribution in [0.2, 0.25) is 0 Å². The largest absolute Gasteiger partial charge is 0.416 e. The highest BCUT2D eigenvalue weighted by Crippen LogP contribution is 2.32. The van der Waals surface area contributed by atoms with Gasteiger partial charge in [-0.15, -0.1) is 0 Å². The molecule has 0 spiro atoms. The van der Waals surface area contributed by atoms with Crippen LogP contribution in [-0.4, -0.2) is 0 Å². The zero-order valence-electron chi connectivity index (χ0n) is 11.6. The maximum Gasteiger partial charge on any atom is 0.416 e. The van der Waals surface area contributed by atoms with Crippen molar-refractivity contribution in [1.29, 1.82) is 0 Å². The molecule has 0 heterocycles. The van der Waals surface area contributed by atoms with Crippen molar-refractivity contribution in [1.82, 2.24) is 0 Å². The van der Waals surface area contributed by atoms with Gasteiger partial charge in [0.1, 0.15) is 0 Å². The first-order valence-corrected chi connectivity index (χ1v) is 7.19. The van der Waals surface area contributed by atoms with E-state index in [0.717, 1.165) is 33.3 Å². The number of aryl methyl sites for hydroxylation is 2. The minimum Gasteiger partial charge on any atom is -0.320 e. The smallest absolute Gasteiger partial charge is 0.320 e. The fourth-order valence-electron chi connectivity index (χ4n) is 2.26. The first-order chi connectivity index (χ1) is 9.70. The minimum absolute atomic E-state index is 0.450. The van der Waals surface area contributed by atoms with E-state index in [1.165, 1.54) is 6.07 Å². The van der Waals surface area contributed by atoms with Gasteiger partial charge in [0.25, 0.3) is 0 Å². The molecule has 0 saturated heterocycles. The summed E-state index contributed by atoms with van der Waals surface area (Å²) in [6.07, 6.45) is -4.36. The fourth-order valence-corrected chi connectivity index (χ4v) is 2.49. The second-order valence-electron chi connectivity index (χ2n) is 5.07. The maximum atomic E-state index is 12.8. The quantitative estimate of drug-likeness (QED) is 0.791. The summed E-state index contributed by atoms with van der Waals surface area (Å²) < 4.78 is 39.3. The van der Waals surface area contributed by atoms with Gasteiger partial charge >= 0.3 is 6.18 Å². The number of nitrogens with two attached hydrogens (primary N) is 1. The molecule has 2 rings (SSSR count). The molecule has 0 radical (unpaired) electrons. The predicted molar refractivity (Wildman–Crippen MR) is 81.1 cm³/mol. The van der Waals surface area contributed by atoms with Crippen LogP contribution in [0.3, 0.4) is 0 Å². The lowest BCUT2D eigenvalue weighted by Crippen LogP contribution is -2.14. The molecule has 2 aromatic carbocycles. The standard InChI is InChI=1S/C16H15BrF3N/c1-9-6-12(7-10(2)14(9)17)15(21)11-4-3-5-13(8-11)16(18,19)20/h3-8,15H,21H2,1-2H3. The van der Waals surface area contributed by atoms with E-state index in [4.69, 9.17) is 5.73 Å². The molecule has 5 heteroatoms. The summed E-state index contributed by atoms with van der Waals surface area (Å²) in [5.41, 5.74) is 8.72. The Kier molecular flexibility index (Phi) is 4.44. The van der Waals surface area contributed by atoms with E-state index in [1.54, 1.807) is 6.07 Å². The lowest BCUT2D eigenvalue weighted by Gasteiger charge is -2.17. The van der Waals surface area contributed by atoms with Crippen molar-refractivity contribution in [2.24, 2.45) is 5.73 Å². The van der Waals surface area contributed by atoms with Crippen molar-refractivity contribution >= 4 is 15.9 Å². The molecule has 21 heavy (non-hydrogen) atoms. The van der Waals surface area contributed by atoms with E-state index in [9.17, 15) is 13.2 Å². The third-order valence-electron chi connectivity index (χ3n) is 3.39. The van der Waals surface area contributed by atoms with Gasteiger partial charge in [-0.05, 0) is 48.2 Å². The van der Waals surface area contributed by atoms with Crippen LogP contribution in [0.4, 0.5) is 13.2 Å². The van der Waals surface area contributed by atoms with Crippen LogP contribution >= 0.6 is 15.9 Å². The van der Waals surface area contributed by atoms with Crippen LogP contribution in [-0.2, 0) is 6.18 Å². The molecule has 0 aromatic heterocycles. The van der Waals surface area contributed by atoms with Crippen molar-refractivity contribution in [3.05, 3.63) is 68.7 Å². The summed E-state index contributed by atoms with van der Waals surface area (Å²) in [6, 6.07) is 8.36. The van der Waals surface area contributed by atoms with Gasteiger partial charge in [-0.1, -0.05) is 40.2 Å². The van der Waals surface area contributed by atoms with Crippen LogP contribution < -0.4 is 5.73 Å². The second kappa shape index (κ2) is 5.81. The number of halogens is 4. The molecule has 0 bridgehead atoms. The van der Waals surface area contributed by atoms with Gasteiger partial charge < -0.3 is 5.73 Å². The van der Waals surface area contributed by atoms with Gasteiger partial charge in [-0.25, -0.2) is 0 Å². The Hall–Kier alpha value is -1.33. The number of alkyl halides is 3. The third-order valence-corrected chi connectivity index (χ3v) is 4.64. The highest BCUT2D eigenvalue weighted by atomic mass is 79.9. The first kappa shape index (κ1) is 16.0. The molecule has 2 aromatic rings. The van der Waals surface area contributed by atoms with Crippen molar-refractivity contribution in [2.45, 2.75) is 26.1 Å². The van der Waals surface area contributed by atoms with Crippen molar-refractivity contribution in [3.63, 3.8) is 0 Å². The fraction of sp³-hybridized carbons (Fsp3) is 0.250. The van der Waals surface area contributed by atoms with Gasteiger partial charge in [0.05, 0.1) is 11.6 Å². The van der Waals surface area contributed by atoms with E-state index in [0.29, 0.717) is 5.56 Å². The molecule has 0 aliphatic rings. The summed E-state index contributed by atoms with van der Waals surface area (Å²) in [6.45, 7) is 3.86. The van der Waals surface area contributed by atoms with E-state index in [1.807, 2.05) is 26.0 Å². The second-order valence-corrected chi connectivity index (χ2v) is 5.86. The van der Waals surface area contributed by atoms with E-state index >= 15 is 0 Å². The molecule has 0 aliphatic carbocycles. The minimum atomic E-state index is -4.36.